The Hall–Kier alpha value is -0.380. The zero-order valence-electron chi connectivity index (χ0n) is 9.98. The summed E-state index contributed by atoms with van der Waals surface area (Å²) in [5, 5.41) is 2.22. The van der Waals surface area contributed by atoms with Crippen LogP contribution in [-0.4, -0.2) is 42.0 Å². The van der Waals surface area contributed by atoms with E-state index in [1.54, 1.807) is 4.88 Å². The lowest BCUT2D eigenvalue weighted by Gasteiger charge is -2.37. The molecular formula is C13H20N2S. The Morgan fingerprint density at radius 1 is 1.38 bits per heavy atom. The fourth-order valence-electron chi connectivity index (χ4n) is 2.97. The maximum atomic E-state index is 2.68. The van der Waals surface area contributed by atoms with Gasteiger partial charge < -0.3 is 0 Å². The van der Waals surface area contributed by atoms with E-state index in [9.17, 15) is 0 Å². The third-order valence-electron chi connectivity index (χ3n) is 4.01. The Morgan fingerprint density at radius 2 is 2.31 bits per heavy atom. The smallest absolute Gasteiger partial charge is 0.0331 e. The van der Waals surface area contributed by atoms with E-state index >= 15 is 0 Å². The van der Waals surface area contributed by atoms with Gasteiger partial charge in [0.05, 0.1) is 0 Å². The minimum atomic E-state index is 0.856. The molecule has 2 saturated heterocycles. The average molecular weight is 236 g/mol. The second-order valence-corrected chi connectivity index (χ2v) is 6.09. The molecule has 2 aliphatic heterocycles. The van der Waals surface area contributed by atoms with Crippen LogP contribution in [0.4, 0.5) is 0 Å². The molecule has 1 unspecified atom stereocenters. The summed E-state index contributed by atoms with van der Waals surface area (Å²) >= 11 is 1.91. The van der Waals surface area contributed by atoms with Gasteiger partial charge in [0.25, 0.3) is 0 Å². The lowest BCUT2D eigenvalue weighted by Crippen LogP contribution is -2.49. The van der Waals surface area contributed by atoms with Gasteiger partial charge >= 0.3 is 0 Å². The average Bonchev–Trinajstić information content (AvgIpc) is 2.88. The zero-order chi connectivity index (χ0) is 11.0. The predicted octanol–water partition coefficient (Wildman–Crippen LogP) is 2.34. The van der Waals surface area contributed by atoms with E-state index in [-0.39, 0.29) is 0 Å². The Kier molecular flexibility index (Phi) is 3.01. The number of fused-ring (bicyclic) bond motifs is 1. The molecule has 0 spiro atoms. The summed E-state index contributed by atoms with van der Waals surface area (Å²) in [4.78, 5) is 6.88. The molecule has 3 heteroatoms. The van der Waals surface area contributed by atoms with E-state index in [1.165, 1.54) is 51.1 Å². The van der Waals surface area contributed by atoms with Crippen LogP contribution in [0.5, 0.6) is 0 Å². The normalized spacial score (nSPS) is 27.2. The molecular weight excluding hydrogens is 216 g/mol. The summed E-state index contributed by atoms with van der Waals surface area (Å²) in [5.74, 6) is 0. The molecule has 2 fully saturated rings. The molecule has 0 N–H and O–H groups in total. The summed E-state index contributed by atoms with van der Waals surface area (Å²) in [6.45, 7) is 8.59. The zero-order valence-corrected chi connectivity index (χ0v) is 10.8. The van der Waals surface area contributed by atoms with E-state index < -0.39 is 0 Å². The van der Waals surface area contributed by atoms with Crippen molar-refractivity contribution in [2.45, 2.75) is 32.4 Å². The molecule has 1 aromatic rings. The topological polar surface area (TPSA) is 6.48 Å². The number of piperazine rings is 1. The van der Waals surface area contributed by atoms with Crippen molar-refractivity contribution in [2.75, 3.05) is 26.2 Å². The van der Waals surface area contributed by atoms with Crippen molar-refractivity contribution in [1.82, 2.24) is 9.80 Å². The first-order valence-electron chi connectivity index (χ1n) is 6.32. The number of hydrogen-bond acceptors (Lipinski definition) is 3. The highest BCUT2D eigenvalue weighted by Crippen LogP contribution is 2.24. The quantitative estimate of drug-likeness (QED) is 0.777. The molecule has 0 radical (unpaired) electrons. The highest BCUT2D eigenvalue weighted by atomic mass is 32.1. The van der Waals surface area contributed by atoms with Gasteiger partial charge in [-0.1, -0.05) is 0 Å². The highest BCUT2D eigenvalue weighted by Gasteiger charge is 2.30. The van der Waals surface area contributed by atoms with E-state index in [0.717, 1.165) is 6.04 Å². The van der Waals surface area contributed by atoms with Crippen LogP contribution in [0.3, 0.4) is 0 Å². The molecule has 3 heterocycles. The van der Waals surface area contributed by atoms with Gasteiger partial charge in [0.2, 0.25) is 0 Å². The third kappa shape index (κ3) is 2.04. The number of aryl methyl sites for hydroxylation is 1. The van der Waals surface area contributed by atoms with E-state index in [4.69, 9.17) is 0 Å². The van der Waals surface area contributed by atoms with E-state index in [0.29, 0.717) is 0 Å². The van der Waals surface area contributed by atoms with Gasteiger partial charge in [-0.2, -0.15) is 0 Å². The first kappa shape index (κ1) is 10.8. The van der Waals surface area contributed by atoms with Crippen molar-refractivity contribution in [2.24, 2.45) is 0 Å². The van der Waals surface area contributed by atoms with Gasteiger partial charge in [-0.15, -0.1) is 11.3 Å². The fourth-order valence-corrected chi connectivity index (χ4v) is 3.92. The van der Waals surface area contributed by atoms with Gasteiger partial charge in [-0.3, -0.25) is 9.80 Å². The fraction of sp³-hybridized carbons (Fsp3) is 0.692. The van der Waals surface area contributed by atoms with Crippen molar-refractivity contribution in [3.63, 3.8) is 0 Å². The third-order valence-corrected chi connectivity index (χ3v) is 5.01. The molecule has 0 bridgehead atoms. The van der Waals surface area contributed by atoms with E-state index in [2.05, 4.69) is 28.2 Å². The van der Waals surface area contributed by atoms with Crippen LogP contribution in [0.1, 0.15) is 23.3 Å². The van der Waals surface area contributed by atoms with Gasteiger partial charge in [-0.05, 0) is 43.3 Å². The second kappa shape index (κ2) is 4.47. The van der Waals surface area contributed by atoms with Gasteiger partial charge in [0, 0.05) is 37.1 Å². The van der Waals surface area contributed by atoms with Crippen molar-refractivity contribution in [3.05, 3.63) is 21.9 Å². The first-order valence-corrected chi connectivity index (χ1v) is 7.20. The lowest BCUT2D eigenvalue weighted by atomic mass is 10.1. The highest BCUT2D eigenvalue weighted by molar-refractivity contribution is 7.10. The van der Waals surface area contributed by atoms with Crippen LogP contribution in [0.15, 0.2) is 11.4 Å². The second-order valence-electron chi connectivity index (χ2n) is 5.09. The molecule has 1 aromatic heterocycles. The molecule has 88 valence electrons. The number of thiophene rings is 1. The molecule has 0 aromatic carbocycles. The first-order chi connectivity index (χ1) is 7.83. The molecule has 1 atom stereocenters. The Bertz CT molecular complexity index is 361. The molecule has 0 amide bonds. The summed E-state index contributed by atoms with van der Waals surface area (Å²) in [7, 11) is 0. The Morgan fingerprint density at radius 3 is 3.12 bits per heavy atom. The molecule has 0 saturated carbocycles. The van der Waals surface area contributed by atoms with Gasteiger partial charge in [0.15, 0.2) is 0 Å². The molecule has 16 heavy (non-hydrogen) atoms. The molecule has 3 rings (SSSR count). The lowest BCUT2D eigenvalue weighted by molar-refractivity contribution is 0.1000. The molecule has 2 aliphatic rings. The van der Waals surface area contributed by atoms with Crippen molar-refractivity contribution >= 4 is 11.3 Å². The van der Waals surface area contributed by atoms with Crippen LogP contribution in [0, 0.1) is 6.92 Å². The van der Waals surface area contributed by atoms with Crippen LogP contribution in [-0.2, 0) is 6.54 Å². The summed E-state index contributed by atoms with van der Waals surface area (Å²) in [6.07, 6.45) is 2.83. The van der Waals surface area contributed by atoms with Crippen LogP contribution in [0.2, 0.25) is 0 Å². The predicted molar refractivity (Wildman–Crippen MR) is 68.9 cm³/mol. The maximum absolute atomic E-state index is 2.68. The van der Waals surface area contributed by atoms with Crippen molar-refractivity contribution in [3.8, 4) is 0 Å². The Balaban J connectivity index is 1.62. The minimum Gasteiger partial charge on any atom is -0.298 e. The van der Waals surface area contributed by atoms with Crippen LogP contribution in [0.25, 0.3) is 0 Å². The van der Waals surface area contributed by atoms with Crippen LogP contribution < -0.4 is 0 Å². The number of nitrogens with zero attached hydrogens (tertiary/aromatic N) is 2. The Labute approximate surface area is 102 Å². The van der Waals surface area contributed by atoms with Crippen LogP contribution >= 0.6 is 11.3 Å². The largest absolute Gasteiger partial charge is 0.298 e. The summed E-state index contributed by atoms with van der Waals surface area (Å²) < 4.78 is 0. The monoisotopic (exact) mass is 236 g/mol. The standard InChI is InChI=1S/C13H20N2S/c1-11-4-8-16-13(11)10-14-6-7-15-5-2-3-12(15)9-14/h4,8,12H,2-3,5-7,9-10H2,1H3. The molecule has 2 nitrogen and oxygen atoms in total. The van der Waals surface area contributed by atoms with Crippen molar-refractivity contribution in [1.29, 1.82) is 0 Å². The minimum absolute atomic E-state index is 0.856. The van der Waals surface area contributed by atoms with E-state index in [1.807, 2.05) is 11.3 Å². The van der Waals surface area contributed by atoms with Gasteiger partial charge in [0.1, 0.15) is 0 Å². The van der Waals surface area contributed by atoms with Crippen molar-refractivity contribution < 1.29 is 0 Å². The number of rotatable bonds is 2. The summed E-state index contributed by atoms with van der Waals surface area (Å²) in [6, 6.07) is 3.10. The SMILES string of the molecule is Cc1ccsc1CN1CCN2CCCC2C1. The number of hydrogen-bond donors (Lipinski definition) is 0. The van der Waals surface area contributed by atoms with Gasteiger partial charge in [-0.25, -0.2) is 0 Å². The summed E-state index contributed by atoms with van der Waals surface area (Å²) in [5.41, 5.74) is 1.47. The molecule has 0 aliphatic carbocycles. The maximum Gasteiger partial charge on any atom is 0.0331 e.